The van der Waals surface area contributed by atoms with E-state index in [0.717, 1.165) is 5.56 Å². The first-order valence-corrected chi connectivity index (χ1v) is 5.86. The van der Waals surface area contributed by atoms with Gasteiger partial charge in [-0.15, -0.1) is 0 Å². The summed E-state index contributed by atoms with van der Waals surface area (Å²) in [6.07, 6.45) is 3.36. The van der Waals surface area contributed by atoms with Crippen molar-refractivity contribution in [2.75, 3.05) is 5.73 Å². The van der Waals surface area contributed by atoms with Crippen molar-refractivity contribution in [1.82, 2.24) is 9.55 Å². The van der Waals surface area contributed by atoms with Gasteiger partial charge in [0.1, 0.15) is 0 Å². The molecule has 2 heterocycles. The van der Waals surface area contributed by atoms with E-state index in [9.17, 15) is 10.2 Å². The van der Waals surface area contributed by atoms with Crippen molar-refractivity contribution in [3.8, 4) is 11.8 Å². The molecule has 0 bridgehead atoms. The number of pyridine rings is 1. The van der Waals surface area contributed by atoms with E-state index in [-0.39, 0.29) is 11.8 Å². The standard InChI is InChI=1S/C14H13N3O2/c15-11-5-1-4-10-12(11)14(19)17(13(10)18)8-9-3-2-6-16-7-9/h1-7,18-19H,8,15H2. The van der Waals surface area contributed by atoms with Crippen molar-refractivity contribution < 1.29 is 10.2 Å². The normalized spacial score (nSPS) is 10.9. The Morgan fingerprint density at radius 3 is 2.63 bits per heavy atom. The lowest BCUT2D eigenvalue weighted by molar-refractivity contribution is 0.381. The summed E-state index contributed by atoms with van der Waals surface area (Å²) in [6.45, 7) is 0.333. The summed E-state index contributed by atoms with van der Waals surface area (Å²) in [4.78, 5) is 4.01. The van der Waals surface area contributed by atoms with Crippen molar-refractivity contribution in [1.29, 1.82) is 0 Å². The number of rotatable bonds is 2. The van der Waals surface area contributed by atoms with Crippen molar-refractivity contribution >= 4 is 16.5 Å². The Bertz CT molecular complexity index is 735. The van der Waals surface area contributed by atoms with Gasteiger partial charge in [0, 0.05) is 23.5 Å². The Morgan fingerprint density at radius 2 is 1.95 bits per heavy atom. The predicted molar refractivity (Wildman–Crippen MR) is 73.0 cm³/mol. The lowest BCUT2D eigenvalue weighted by Gasteiger charge is -2.06. The highest BCUT2D eigenvalue weighted by Crippen LogP contribution is 2.39. The number of hydrogen-bond acceptors (Lipinski definition) is 4. The third-order valence-electron chi connectivity index (χ3n) is 3.14. The lowest BCUT2D eigenvalue weighted by atomic mass is 10.2. The molecule has 1 aromatic carbocycles. The van der Waals surface area contributed by atoms with Crippen LogP contribution in [0.15, 0.2) is 42.7 Å². The quantitative estimate of drug-likeness (QED) is 0.612. The van der Waals surface area contributed by atoms with E-state index in [1.807, 2.05) is 6.07 Å². The minimum absolute atomic E-state index is 0.00338. The molecule has 0 aliphatic heterocycles. The van der Waals surface area contributed by atoms with Crippen molar-refractivity contribution in [3.05, 3.63) is 48.3 Å². The van der Waals surface area contributed by atoms with Crippen molar-refractivity contribution in [2.45, 2.75) is 6.54 Å². The first kappa shape index (κ1) is 11.4. The predicted octanol–water partition coefficient (Wildman–Crippen LogP) is 2.08. The number of benzene rings is 1. The van der Waals surface area contributed by atoms with Crippen LogP contribution in [0.3, 0.4) is 0 Å². The number of nitrogens with zero attached hydrogens (tertiary/aromatic N) is 2. The summed E-state index contributed by atoms with van der Waals surface area (Å²) in [5.74, 6) is -0.0295. The Balaban J connectivity index is 2.17. The van der Waals surface area contributed by atoms with Gasteiger partial charge >= 0.3 is 0 Å². The molecule has 0 radical (unpaired) electrons. The van der Waals surface area contributed by atoms with Gasteiger partial charge in [0.25, 0.3) is 0 Å². The monoisotopic (exact) mass is 255 g/mol. The first-order valence-electron chi connectivity index (χ1n) is 5.86. The van der Waals surface area contributed by atoms with Crippen LogP contribution in [0.25, 0.3) is 10.8 Å². The second kappa shape index (κ2) is 4.20. The number of nitrogen functional groups attached to an aromatic ring is 1. The van der Waals surface area contributed by atoms with E-state index in [4.69, 9.17) is 5.73 Å². The van der Waals surface area contributed by atoms with Crippen LogP contribution >= 0.6 is 0 Å². The highest BCUT2D eigenvalue weighted by molar-refractivity contribution is 6.01. The van der Waals surface area contributed by atoms with Gasteiger partial charge in [0.15, 0.2) is 0 Å². The highest BCUT2D eigenvalue weighted by atomic mass is 16.3. The lowest BCUT2D eigenvalue weighted by Crippen LogP contribution is -1.98. The number of hydrogen-bond donors (Lipinski definition) is 3. The van der Waals surface area contributed by atoms with Crippen LogP contribution in [0.4, 0.5) is 5.69 Å². The first-order chi connectivity index (χ1) is 9.18. The SMILES string of the molecule is Nc1cccc2c(O)n(Cc3cccnc3)c(O)c12. The number of fused-ring (bicyclic) bond motifs is 1. The molecule has 0 spiro atoms. The van der Waals surface area contributed by atoms with Gasteiger partial charge in [0.05, 0.1) is 11.9 Å². The molecular weight excluding hydrogens is 242 g/mol. The molecule has 0 amide bonds. The molecule has 4 N–H and O–H groups in total. The second-order valence-electron chi connectivity index (χ2n) is 4.36. The molecule has 3 aromatic rings. The van der Waals surface area contributed by atoms with E-state index in [1.165, 1.54) is 4.57 Å². The van der Waals surface area contributed by atoms with Gasteiger partial charge < -0.3 is 15.9 Å². The zero-order chi connectivity index (χ0) is 13.4. The minimum atomic E-state index is -0.0329. The smallest absolute Gasteiger partial charge is 0.204 e. The zero-order valence-corrected chi connectivity index (χ0v) is 10.1. The van der Waals surface area contributed by atoms with Crippen LogP contribution < -0.4 is 5.73 Å². The molecule has 3 rings (SSSR count). The van der Waals surface area contributed by atoms with Crippen LogP contribution in [0.5, 0.6) is 11.8 Å². The summed E-state index contributed by atoms with van der Waals surface area (Å²) in [7, 11) is 0. The van der Waals surface area contributed by atoms with Crippen LogP contribution in [-0.2, 0) is 6.54 Å². The molecule has 0 saturated carbocycles. The van der Waals surface area contributed by atoms with Gasteiger partial charge in [-0.25, -0.2) is 0 Å². The Kier molecular flexibility index (Phi) is 2.52. The average molecular weight is 255 g/mol. The fraction of sp³-hybridized carbons (Fsp3) is 0.0714. The third kappa shape index (κ3) is 1.76. The van der Waals surface area contributed by atoms with Crippen LogP contribution in [0, 0.1) is 0 Å². The molecule has 96 valence electrons. The molecule has 0 saturated heterocycles. The molecule has 5 nitrogen and oxygen atoms in total. The second-order valence-corrected chi connectivity index (χ2v) is 4.36. The number of aromatic hydroxyl groups is 2. The topological polar surface area (TPSA) is 84.3 Å². The maximum Gasteiger partial charge on any atom is 0.204 e. The van der Waals surface area contributed by atoms with Crippen LogP contribution in [0.1, 0.15) is 5.56 Å². The van der Waals surface area contributed by atoms with Crippen LogP contribution in [-0.4, -0.2) is 19.8 Å². The molecule has 19 heavy (non-hydrogen) atoms. The van der Waals surface area contributed by atoms with Gasteiger partial charge in [-0.2, -0.15) is 0 Å². The number of aromatic nitrogens is 2. The fourth-order valence-corrected chi connectivity index (χ4v) is 2.21. The van der Waals surface area contributed by atoms with E-state index in [2.05, 4.69) is 4.98 Å². The van der Waals surface area contributed by atoms with Gasteiger partial charge in [-0.3, -0.25) is 9.55 Å². The molecule has 0 fully saturated rings. The molecule has 2 aromatic heterocycles. The third-order valence-corrected chi connectivity index (χ3v) is 3.14. The Labute approximate surface area is 109 Å². The highest BCUT2D eigenvalue weighted by Gasteiger charge is 2.17. The van der Waals surface area contributed by atoms with E-state index in [1.54, 1.807) is 36.7 Å². The van der Waals surface area contributed by atoms with Crippen molar-refractivity contribution in [3.63, 3.8) is 0 Å². The van der Waals surface area contributed by atoms with E-state index >= 15 is 0 Å². The van der Waals surface area contributed by atoms with E-state index < -0.39 is 0 Å². The molecule has 0 atom stereocenters. The summed E-state index contributed by atoms with van der Waals surface area (Å²) in [6, 6.07) is 8.84. The fourth-order valence-electron chi connectivity index (χ4n) is 2.21. The number of nitrogens with two attached hydrogens (primary N) is 1. The molecule has 0 aliphatic carbocycles. The Morgan fingerprint density at radius 1 is 1.11 bits per heavy atom. The summed E-state index contributed by atoms with van der Waals surface area (Å²) < 4.78 is 1.41. The minimum Gasteiger partial charge on any atom is -0.494 e. The largest absolute Gasteiger partial charge is 0.494 e. The van der Waals surface area contributed by atoms with Gasteiger partial charge in [-0.1, -0.05) is 12.1 Å². The molecular formula is C14H13N3O2. The maximum absolute atomic E-state index is 10.2. The molecule has 0 unspecified atom stereocenters. The number of anilines is 1. The summed E-state index contributed by atoms with van der Waals surface area (Å²) >= 11 is 0. The average Bonchev–Trinajstić information content (AvgIpc) is 2.66. The van der Waals surface area contributed by atoms with Crippen molar-refractivity contribution in [2.24, 2.45) is 0 Å². The van der Waals surface area contributed by atoms with Gasteiger partial charge in [0.2, 0.25) is 11.8 Å². The molecule has 0 aliphatic rings. The molecule has 5 heteroatoms. The van der Waals surface area contributed by atoms with Gasteiger partial charge in [-0.05, 0) is 23.8 Å². The zero-order valence-electron chi connectivity index (χ0n) is 10.1. The van der Waals surface area contributed by atoms with E-state index in [0.29, 0.717) is 23.0 Å². The summed E-state index contributed by atoms with van der Waals surface area (Å²) in [5, 5.41) is 21.4. The summed E-state index contributed by atoms with van der Waals surface area (Å²) in [5.41, 5.74) is 7.16. The Hall–Kier alpha value is -2.69. The van der Waals surface area contributed by atoms with Crippen LogP contribution in [0.2, 0.25) is 0 Å². The maximum atomic E-state index is 10.2.